The molecule has 17 heteroatoms. The Labute approximate surface area is 227 Å². The minimum atomic E-state index is -1.17. The summed E-state index contributed by atoms with van der Waals surface area (Å²) in [6.45, 7) is 4.62. The number of carboxylic acids is 1. The van der Waals surface area contributed by atoms with Gasteiger partial charge in [-0.1, -0.05) is 6.92 Å². The van der Waals surface area contributed by atoms with E-state index in [9.17, 15) is 24.3 Å². The molecule has 4 aliphatic rings. The number of tetrazole rings is 1. The molecule has 7 atom stereocenters. The molecule has 210 valence electrons. The molecular weight excluding hydrogens is 530 g/mol. The number of guanidine groups is 1. The van der Waals surface area contributed by atoms with Crippen molar-refractivity contribution in [1.82, 2.24) is 40.6 Å². The van der Waals surface area contributed by atoms with E-state index in [-0.39, 0.29) is 59.3 Å². The van der Waals surface area contributed by atoms with Gasteiger partial charge in [0.05, 0.1) is 18.0 Å². The third-order valence-corrected chi connectivity index (χ3v) is 9.18. The molecule has 0 saturated carbocycles. The maximum Gasteiger partial charge on any atom is 0.353 e. The molecule has 0 radical (unpaired) electrons. The first-order chi connectivity index (χ1) is 18.6. The van der Waals surface area contributed by atoms with Gasteiger partial charge in [-0.15, -0.1) is 16.9 Å². The summed E-state index contributed by atoms with van der Waals surface area (Å²) < 4.78 is 1.27. The number of nitrogens with two attached hydrogens (primary N) is 2. The van der Waals surface area contributed by atoms with Gasteiger partial charge in [-0.05, 0) is 23.8 Å². The topological polar surface area (TPSA) is 227 Å². The van der Waals surface area contributed by atoms with Gasteiger partial charge in [-0.25, -0.2) is 14.5 Å². The SMILES string of the molecule is C[C@@H](NC(=O)Cn1cnnn1)[C@H]1C(=O)N2C(C(=O)O)=C(S[C@@H]3CN[C@H](C(=O)N4CCC4N=C(N)N)C3)[C@H](C)[C@H]12. The molecule has 7 N–H and O–H groups in total. The lowest BCUT2D eigenvalue weighted by atomic mass is 9.78. The summed E-state index contributed by atoms with van der Waals surface area (Å²) in [5, 5.41) is 26.7. The Hall–Kier alpha value is -3.73. The Morgan fingerprint density at radius 2 is 2.13 bits per heavy atom. The molecule has 3 saturated heterocycles. The smallest absolute Gasteiger partial charge is 0.353 e. The second-order valence-corrected chi connectivity index (χ2v) is 11.5. The van der Waals surface area contributed by atoms with Gasteiger partial charge in [0.15, 0.2) is 5.96 Å². The highest BCUT2D eigenvalue weighted by atomic mass is 32.2. The molecule has 16 nitrogen and oxygen atoms in total. The summed E-state index contributed by atoms with van der Waals surface area (Å²) in [6.07, 6.45) is 2.16. The lowest BCUT2D eigenvalue weighted by Gasteiger charge is -2.47. The third kappa shape index (κ3) is 4.91. The molecule has 1 aromatic rings. The molecule has 5 rings (SSSR count). The summed E-state index contributed by atoms with van der Waals surface area (Å²) in [5.41, 5.74) is 10.9. The lowest BCUT2D eigenvalue weighted by Crippen LogP contribution is -2.66. The van der Waals surface area contributed by atoms with Crippen LogP contribution in [0.15, 0.2) is 21.9 Å². The number of likely N-dealkylation sites (tertiary alicyclic amines) is 1. The fourth-order valence-corrected chi connectivity index (χ4v) is 7.26. The molecule has 3 amide bonds. The normalized spacial score (nSPS) is 30.4. The minimum Gasteiger partial charge on any atom is -0.477 e. The van der Waals surface area contributed by atoms with Crippen molar-refractivity contribution in [2.24, 2.45) is 28.3 Å². The number of fused-ring (bicyclic) bond motifs is 1. The van der Waals surface area contributed by atoms with Gasteiger partial charge >= 0.3 is 5.97 Å². The highest BCUT2D eigenvalue weighted by Gasteiger charge is 2.60. The van der Waals surface area contributed by atoms with Crippen LogP contribution >= 0.6 is 11.8 Å². The van der Waals surface area contributed by atoms with Crippen LogP contribution in [-0.2, 0) is 25.7 Å². The number of nitrogens with zero attached hydrogens (tertiary/aromatic N) is 7. The van der Waals surface area contributed by atoms with Gasteiger partial charge < -0.3 is 37.0 Å². The summed E-state index contributed by atoms with van der Waals surface area (Å²) >= 11 is 1.40. The number of hydrogen-bond donors (Lipinski definition) is 5. The van der Waals surface area contributed by atoms with Crippen LogP contribution in [0.2, 0.25) is 0 Å². The average Bonchev–Trinajstić information content (AvgIpc) is 3.57. The van der Waals surface area contributed by atoms with E-state index in [1.807, 2.05) is 6.92 Å². The van der Waals surface area contributed by atoms with E-state index in [1.54, 1.807) is 11.8 Å². The predicted octanol–water partition coefficient (Wildman–Crippen LogP) is -2.75. The fraction of sp³-hybridized carbons (Fsp3) is 0.636. The van der Waals surface area contributed by atoms with E-state index < -0.39 is 24.0 Å². The largest absolute Gasteiger partial charge is 0.477 e. The summed E-state index contributed by atoms with van der Waals surface area (Å²) in [4.78, 5) is 58.5. The standard InChI is InChI=1S/C22H31N11O5S/c1-9-16-15(10(2)27-14(34)7-31-8-26-29-30-31)20(36)33(16)17(21(37)38)18(9)39-11-5-12(25-6-11)19(35)32-4-3-13(32)28-22(23)24/h8-13,15-16,25H,3-7H2,1-2H3,(H,27,34)(H,37,38)(H4,23,24,28)/t9-,10-,11+,12+,13?,15-,16-/m1/s1. The van der Waals surface area contributed by atoms with Crippen LogP contribution < -0.4 is 22.1 Å². The average molecular weight is 562 g/mol. The molecule has 3 fully saturated rings. The number of aliphatic carboxylic acids is 1. The number of carboxylic acid groups (broad SMARTS) is 1. The number of hydrogen-bond acceptors (Lipinski definition) is 10. The Kier molecular flexibility index (Phi) is 7.19. The van der Waals surface area contributed by atoms with Crippen LogP contribution in [0.25, 0.3) is 0 Å². The van der Waals surface area contributed by atoms with Crippen molar-refractivity contribution < 1.29 is 24.3 Å². The van der Waals surface area contributed by atoms with E-state index in [0.29, 0.717) is 30.8 Å². The zero-order valence-corrected chi connectivity index (χ0v) is 22.2. The van der Waals surface area contributed by atoms with Crippen LogP contribution in [0.4, 0.5) is 0 Å². The van der Waals surface area contributed by atoms with Gasteiger partial charge in [0, 0.05) is 41.6 Å². The third-order valence-electron chi connectivity index (χ3n) is 7.67. The van der Waals surface area contributed by atoms with Crippen LogP contribution in [0.5, 0.6) is 0 Å². The molecule has 39 heavy (non-hydrogen) atoms. The van der Waals surface area contributed by atoms with Gasteiger partial charge in [-0.3, -0.25) is 14.4 Å². The van der Waals surface area contributed by atoms with Crippen molar-refractivity contribution in [2.75, 3.05) is 13.1 Å². The van der Waals surface area contributed by atoms with Gasteiger partial charge in [0.25, 0.3) is 0 Å². The summed E-state index contributed by atoms with van der Waals surface area (Å²) in [7, 11) is 0. The minimum absolute atomic E-state index is 0.0173. The number of β-lactam (4-membered cyclic amide) rings is 1. The first kappa shape index (κ1) is 26.9. The van der Waals surface area contributed by atoms with Crippen molar-refractivity contribution in [3.05, 3.63) is 16.9 Å². The number of carbonyl (C=O) groups excluding carboxylic acids is 3. The van der Waals surface area contributed by atoms with E-state index in [2.05, 4.69) is 31.2 Å². The maximum atomic E-state index is 13.1. The number of aromatic nitrogens is 4. The number of aliphatic imine (C=N–C) groups is 1. The number of amides is 3. The molecule has 4 aliphatic heterocycles. The Morgan fingerprint density at radius 1 is 1.36 bits per heavy atom. The van der Waals surface area contributed by atoms with Crippen molar-refractivity contribution >= 4 is 41.4 Å². The van der Waals surface area contributed by atoms with Gasteiger partial charge in [0.2, 0.25) is 17.7 Å². The van der Waals surface area contributed by atoms with Gasteiger partial charge in [-0.2, -0.15) is 0 Å². The molecule has 5 heterocycles. The Balaban J connectivity index is 1.23. The second kappa shape index (κ2) is 10.4. The second-order valence-electron chi connectivity index (χ2n) is 10.2. The Bertz CT molecular complexity index is 1230. The highest BCUT2D eigenvalue weighted by molar-refractivity contribution is 8.03. The zero-order chi connectivity index (χ0) is 28.0. The molecule has 0 bridgehead atoms. The first-order valence-electron chi connectivity index (χ1n) is 12.7. The zero-order valence-electron chi connectivity index (χ0n) is 21.4. The molecule has 1 aromatic heterocycles. The van der Waals surface area contributed by atoms with Crippen LogP contribution in [-0.4, -0.2) is 107 Å². The molecule has 0 aliphatic carbocycles. The van der Waals surface area contributed by atoms with Crippen molar-refractivity contribution in [3.8, 4) is 0 Å². The quantitative estimate of drug-likeness (QED) is 0.117. The summed E-state index contributed by atoms with van der Waals surface area (Å²) in [6, 6.07) is -1.33. The number of carbonyl (C=O) groups is 4. The maximum absolute atomic E-state index is 13.1. The lowest BCUT2D eigenvalue weighted by molar-refractivity contribution is -0.158. The fourth-order valence-electron chi connectivity index (χ4n) is 5.78. The molecule has 0 spiro atoms. The van der Waals surface area contributed by atoms with E-state index in [0.717, 1.165) is 0 Å². The molecule has 1 unspecified atom stereocenters. The van der Waals surface area contributed by atoms with E-state index in [4.69, 9.17) is 11.5 Å². The molecule has 0 aromatic carbocycles. The first-order valence-corrected chi connectivity index (χ1v) is 13.5. The number of nitrogens with one attached hydrogen (secondary N) is 2. The molecular formula is C22H31N11O5S. The number of thioether (sulfide) groups is 1. The summed E-state index contributed by atoms with van der Waals surface area (Å²) in [5.74, 6) is -2.84. The monoisotopic (exact) mass is 561 g/mol. The number of rotatable bonds is 9. The van der Waals surface area contributed by atoms with Crippen molar-refractivity contribution in [3.63, 3.8) is 0 Å². The van der Waals surface area contributed by atoms with Gasteiger partial charge in [0.1, 0.15) is 24.7 Å². The van der Waals surface area contributed by atoms with Crippen LogP contribution in [0.3, 0.4) is 0 Å². The van der Waals surface area contributed by atoms with E-state index >= 15 is 0 Å². The van der Waals surface area contributed by atoms with E-state index in [1.165, 1.54) is 27.7 Å². The van der Waals surface area contributed by atoms with Crippen LogP contribution in [0, 0.1) is 11.8 Å². The highest BCUT2D eigenvalue weighted by Crippen LogP contribution is 2.51. The van der Waals surface area contributed by atoms with Crippen molar-refractivity contribution in [1.29, 1.82) is 0 Å². The van der Waals surface area contributed by atoms with Crippen LogP contribution in [0.1, 0.15) is 26.7 Å². The predicted molar refractivity (Wildman–Crippen MR) is 137 cm³/mol. The van der Waals surface area contributed by atoms with Crippen molar-refractivity contribution in [2.45, 2.75) is 62.8 Å². The Morgan fingerprint density at radius 3 is 2.74 bits per heavy atom.